The van der Waals surface area contributed by atoms with E-state index in [9.17, 15) is 0 Å². The van der Waals surface area contributed by atoms with E-state index in [4.69, 9.17) is 10.5 Å². The molecule has 0 bridgehead atoms. The third kappa shape index (κ3) is 2.51. The molecule has 2 rings (SSSR count). The van der Waals surface area contributed by atoms with Gasteiger partial charge in [-0.1, -0.05) is 18.2 Å². The molecule has 1 aromatic heterocycles. The van der Waals surface area contributed by atoms with Crippen molar-refractivity contribution in [1.29, 1.82) is 0 Å². The van der Waals surface area contributed by atoms with Crippen LogP contribution >= 0.6 is 0 Å². The summed E-state index contributed by atoms with van der Waals surface area (Å²) in [6, 6.07) is 7.73. The van der Waals surface area contributed by atoms with Gasteiger partial charge in [0.05, 0.1) is 0 Å². The highest BCUT2D eigenvalue weighted by molar-refractivity contribution is 5.35. The molecule has 1 aromatic carbocycles. The molecular formula is C13H18N4O. The molecule has 0 amide bonds. The van der Waals surface area contributed by atoms with Crippen LogP contribution in [-0.2, 0) is 13.7 Å². The predicted octanol–water partition coefficient (Wildman–Crippen LogP) is 1.72. The van der Waals surface area contributed by atoms with Gasteiger partial charge in [0.2, 0.25) is 0 Å². The third-order valence-corrected chi connectivity index (χ3v) is 2.95. The molecule has 0 saturated carbocycles. The summed E-state index contributed by atoms with van der Waals surface area (Å²) >= 11 is 0. The number of hydrogen-bond acceptors (Lipinski definition) is 4. The summed E-state index contributed by atoms with van der Waals surface area (Å²) in [6.45, 7) is 4.24. The average molecular weight is 246 g/mol. The molecule has 0 aliphatic carbocycles. The number of rotatable bonds is 4. The lowest BCUT2D eigenvalue weighted by molar-refractivity contribution is 0.287. The van der Waals surface area contributed by atoms with Gasteiger partial charge in [-0.2, -0.15) is 0 Å². The van der Waals surface area contributed by atoms with Crippen molar-refractivity contribution < 1.29 is 4.74 Å². The van der Waals surface area contributed by atoms with Crippen molar-refractivity contribution in [1.82, 2.24) is 14.8 Å². The van der Waals surface area contributed by atoms with Gasteiger partial charge < -0.3 is 15.0 Å². The standard InChI is InChI=1S/C13H18N4O/c1-9(14)11-6-4-5-7-12(11)18-8-13-16-15-10(2)17(13)3/h4-7,9H,8,14H2,1-3H3/t9-/m0/s1. The zero-order valence-corrected chi connectivity index (χ0v) is 10.9. The molecule has 2 N–H and O–H groups in total. The molecule has 1 atom stereocenters. The van der Waals surface area contributed by atoms with Gasteiger partial charge in [-0.05, 0) is 19.9 Å². The summed E-state index contributed by atoms with van der Waals surface area (Å²) < 4.78 is 7.69. The highest BCUT2D eigenvalue weighted by atomic mass is 16.5. The van der Waals surface area contributed by atoms with Crippen molar-refractivity contribution in [3.05, 3.63) is 41.5 Å². The SMILES string of the molecule is Cc1nnc(COc2ccccc2[C@H](C)N)n1C. The van der Waals surface area contributed by atoms with Crippen molar-refractivity contribution in [2.45, 2.75) is 26.5 Å². The van der Waals surface area contributed by atoms with E-state index in [0.717, 1.165) is 23.0 Å². The maximum atomic E-state index is 5.90. The molecule has 96 valence electrons. The van der Waals surface area contributed by atoms with Crippen LogP contribution < -0.4 is 10.5 Å². The molecule has 0 aliphatic rings. The number of para-hydroxylation sites is 1. The zero-order chi connectivity index (χ0) is 13.1. The fraction of sp³-hybridized carbons (Fsp3) is 0.385. The molecule has 1 heterocycles. The zero-order valence-electron chi connectivity index (χ0n) is 10.9. The van der Waals surface area contributed by atoms with E-state index >= 15 is 0 Å². The molecule has 0 radical (unpaired) electrons. The van der Waals surface area contributed by atoms with E-state index in [0.29, 0.717) is 6.61 Å². The molecule has 0 fully saturated rings. The topological polar surface area (TPSA) is 66.0 Å². The minimum Gasteiger partial charge on any atom is -0.485 e. The second kappa shape index (κ2) is 5.18. The van der Waals surface area contributed by atoms with E-state index in [1.165, 1.54) is 0 Å². The molecule has 0 saturated heterocycles. The van der Waals surface area contributed by atoms with Crippen molar-refractivity contribution in [3.8, 4) is 5.75 Å². The largest absolute Gasteiger partial charge is 0.485 e. The summed E-state index contributed by atoms with van der Waals surface area (Å²) in [5.74, 6) is 2.47. The second-order valence-electron chi connectivity index (χ2n) is 4.34. The van der Waals surface area contributed by atoms with Gasteiger partial charge in [0.15, 0.2) is 5.82 Å². The number of aromatic nitrogens is 3. The molecule has 5 heteroatoms. The van der Waals surface area contributed by atoms with Crippen molar-refractivity contribution >= 4 is 0 Å². The highest BCUT2D eigenvalue weighted by Gasteiger charge is 2.09. The highest BCUT2D eigenvalue weighted by Crippen LogP contribution is 2.23. The Labute approximate surface area is 107 Å². The Balaban J connectivity index is 2.13. The fourth-order valence-electron chi connectivity index (χ4n) is 1.71. The van der Waals surface area contributed by atoms with Crippen LogP contribution in [0.15, 0.2) is 24.3 Å². The summed E-state index contributed by atoms with van der Waals surface area (Å²) in [5, 5.41) is 8.06. The van der Waals surface area contributed by atoms with Gasteiger partial charge in [-0.3, -0.25) is 0 Å². The Bertz CT molecular complexity index is 534. The van der Waals surface area contributed by atoms with Crippen molar-refractivity contribution in [2.75, 3.05) is 0 Å². The monoisotopic (exact) mass is 246 g/mol. The van der Waals surface area contributed by atoms with Crippen molar-refractivity contribution in [3.63, 3.8) is 0 Å². The van der Waals surface area contributed by atoms with Gasteiger partial charge in [0, 0.05) is 18.7 Å². The molecule has 2 aromatic rings. The van der Waals surface area contributed by atoms with Gasteiger partial charge >= 0.3 is 0 Å². The first-order valence-electron chi connectivity index (χ1n) is 5.91. The van der Waals surface area contributed by atoms with Crippen LogP contribution in [0.5, 0.6) is 5.75 Å². The molecule has 18 heavy (non-hydrogen) atoms. The van der Waals surface area contributed by atoms with E-state index in [1.54, 1.807) is 0 Å². The summed E-state index contributed by atoms with van der Waals surface area (Å²) in [7, 11) is 1.92. The smallest absolute Gasteiger partial charge is 0.170 e. The third-order valence-electron chi connectivity index (χ3n) is 2.95. The molecule has 5 nitrogen and oxygen atoms in total. The van der Waals surface area contributed by atoms with Gasteiger partial charge in [-0.15, -0.1) is 10.2 Å². The maximum absolute atomic E-state index is 5.90. The molecule has 0 aliphatic heterocycles. The number of benzene rings is 1. The normalized spacial score (nSPS) is 12.4. The van der Waals surface area contributed by atoms with E-state index < -0.39 is 0 Å². The number of aryl methyl sites for hydroxylation is 1. The lowest BCUT2D eigenvalue weighted by Gasteiger charge is -2.13. The Morgan fingerprint density at radius 3 is 2.67 bits per heavy atom. The van der Waals surface area contributed by atoms with Gasteiger partial charge in [0.1, 0.15) is 18.2 Å². The van der Waals surface area contributed by atoms with Crippen molar-refractivity contribution in [2.24, 2.45) is 12.8 Å². The van der Waals surface area contributed by atoms with Crippen LogP contribution in [0, 0.1) is 6.92 Å². The van der Waals surface area contributed by atoms with Crippen LogP contribution in [0.2, 0.25) is 0 Å². The summed E-state index contributed by atoms with van der Waals surface area (Å²) in [4.78, 5) is 0. The van der Waals surface area contributed by atoms with Crippen LogP contribution in [0.1, 0.15) is 30.2 Å². The second-order valence-corrected chi connectivity index (χ2v) is 4.34. The molecular weight excluding hydrogens is 228 g/mol. The maximum Gasteiger partial charge on any atom is 0.170 e. The van der Waals surface area contributed by atoms with Crippen LogP contribution in [0.25, 0.3) is 0 Å². The van der Waals surface area contributed by atoms with Crippen LogP contribution in [0.4, 0.5) is 0 Å². The number of hydrogen-bond donors (Lipinski definition) is 1. The Morgan fingerprint density at radius 1 is 1.33 bits per heavy atom. The summed E-state index contributed by atoms with van der Waals surface area (Å²) in [5.41, 5.74) is 6.90. The fourth-order valence-corrected chi connectivity index (χ4v) is 1.71. The van der Waals surface area contributed by atoms with Crippen LogP contribution in [-0.4, -0.2) is 14.8 Å². The molecule has 0 unspecified atom stereocenters. The van der Waals surface area contributed by atoms with Crippen LogP contribution in [0.3, 0.4) is 0 Å². The Hall–Kier alpha value is -1.88. The quantitative estimate of drug-likeness (QED) is 0.892. The van der Waals surface area contributed by atoms with Gasteiger partial charge in [-0.25, -0.2) is 0 Å². The summed E-state index contributed by atoms with van der Waals surface area (Å²) in [6.07, 6.45) is 0. The van der Waals surface area contributed by atoms with Gasteiger partial charge in [0.25, 0.3) is 0 Å². The lowest BCUT2D eigenvalue weighted by atomic mass is 10.1. The number of nitrogens with zero attached hydrogens (tertiary/aromatic N) is 3. The van der Waals surface area contributed by atoms with E-state index in [-0.39, 0.29) is 6.04 Å². The number of ether oxygens (including phenoxy) is 1. The lowest BCUT2D eigenvalue weighted by Crippen LogP contribution is -2.09. The Kier molecular flexibility index (Phi) is 3.62. The first-order valence-corrected chi connectivity index (χ1v) is 5.91. The minimum absolute atomic E-state index is 0.0533. The van der Waals surface area contributed by atoms with E-state index in [1.807, 2.05) is 49.7 Å². The number of nitrogens with two attached hydrogens (primary N) is 1. The molecule has 0 spiro atoms. The Morgan fingerprint density at radius 2 is 2.06 bits per heavy atom. The minimum atomic E-state index is -0.0533. The average Bonchev–Trinajstić information content (AvgIpc) is 2.68. The van der Waals surface area contributed by atoms with E-state index in [2.05, 4.69) is 10.2 Å². The predicted molar refractivity (Wildman–Crippen MR) is 69.1 cm³/mol. The first kappa shape index (κ1) is 12.6. The first-order chi connectivity index (χ1) is 8.59.